The van der Waals surface area contributed by atoms with Gasteiger partial charge in [0.25, 0.3) is 0 Å². The van der Waals surface area contributed by atoms with E-state index in [2.05, 4.69) is 22.1 Å². The first-order valence-corrected chi connectivity index (χ1v) is 9.23. The standard InChI is InChI=1S/C17H34N4O2/c1-2-21-9-3-5-16(21)13-20-17(18)19-8-4-10-23-14-15-6-11-22-12-7-15/h15-16H,2-14H2,1H3,(H3,18,19,20). The van der Waals surface area contributed by atoms with Gasteiger partial charge in [-0.3, -0.25) is 9.89 Å². The fourth-order valence-electron chi connectivity index (χ4n) is 3.33. The van der Waals surface area contributed by atoms with E-state index in [-0.39, 0.29) is 0 Å². The van der Waals surface area contributed by atoms with Crippen molar-refractivity contribution in [1.82, 2.24) is 10.2 Å². The molecule has 0 saturated carbocycles. The van der Waals surface area contributed by atoms with Gasteiger partial charge in [-0.05, 0) is 51.1 Å². The molecule has 23 heavy (non-hydrogen) atoms. The van der Waals surface area contributed by atoms with Gasteiger partial charge in [-0.1, -0.05) is 6.92 Å². The molecule has 0 bridgehead atoms. The van der Waals surface area contributed by atoms with Gasteiger partial charge in [-0.2, -0.15) is 0 Å². The van der Waals surface area contributed by atoms with Crippen LogP contribution in [0.4, 0.5) is 0 Å². The van der Waals surface area contributed by atoms with E-state index in [9.17, 15) is 0 Å². The largest absolute Gasteiger partial charge is 0.381 e. The maximum Gasteiger partial charge on any atom is 0.188 e. The lowest BCUT2D eigenvalue weighted by atomic mass is 10.0. The Morgan fingerprint density at radius 3 is 2.96 bits per heavy atom. The summed E-state index contributed by atoms with van der Waals surface area (Å²) in [5.74, 6) is 1.24. The Bertz CT molecular complexity index is 345. The Morgan fingerprint density at radius 2 is 2.17 bits per heavy atom. The highest BCUT2D eigenvalue weighted by atomic mass is 16.5. The lowest BCUT2D eigenvalue weighted by Gasteiger charge is -2.21. The highest BCUT2D eigenvalue weighted by Crippen LogP contribution is 2.16. The van der Waals surface area contributed by atoms with Crippen molar-refractivity contribution in [2.75, 3.05) is 52.6 Å². The first kappa shape index (κ1) is 18.5. The van der Waals surface area contributed by atoms with E-state index in [1.165, 1.54) is 19.4 Å². The number of aliphatic imine (C=N–C) groups is 1. The van der Waals surface area contributed by atoms with Crippen LogP contribution in [-0.4, -0.2) is 69.5 Å². The summed E-state index contributed by atoms with van der Waals surface area (Å²) >= 11 is 0. The van der Waals surface area contributed by atoms with Crippen LogP contribution in [0, 0.1) is 5.92 Å². The molecule has 2 rings (SSSR count). The minimum absolute atomic E-state index is 0.567. The summed E-state index contributed by atoms with van der Waals surface area (Å²) in [5.41, 5.74) is 5.94. The zero-order valence-electron chi connectivity index (χ0n) is 14.6. The number of likely N-dealkylation sites (N-methyl/N-ethyl adjacent to an activating group) is 1. The topological polar surface area (TPSA) is 72.1 Å². The van der Waals surface area contributed by atoms with E-state index in [4.69, 9.17) is 15.2 Å². The number of hydrogen-bond donors (Lipinski definition) is 2. The van der Waals surface area contributed by atoms with Crippen LogP contribution in [0.1, 0.15) is 39.0 Å². The van der Waals surface area contributed by atoms with Crippen molar-refractivity contribution < 1.29 is 9.47 Å². The van der Waals surface area contributed by atoms with Gasteiger partial charge in [0.05, 0.1) is 6.54 Å². The van der Waals surface area contributed by atoms with Gasteiger partial charge in [0, 0.05) is 39.0 Å². The third kappa shape index (κ3) is 7.06. The highest BCUT2D eigenvalue weighted by Gasteiger charge is 2.22. The maximum absolute atomic E-state index is 5.94. The van der Waals surface area contributed by atoms with Gasteiger partial charge in [0.15, 0.2) is 5.96 Å². The van der Waals surface area contributed by atoms with Crippen LogP contribution in [0.2, 0.25) is 0 Å². The summed E-state index contributed by atoms with van der Waals surface area (Å²) in [7, 11) is 0. The number of hydrogen-bond acceptors (Lipinski definition) is 4. The molecule has 0 spiro atoms. The Labute approximate surface area is 140 Å². The molecule has 0 aliphatic carbocycles. The summed E-state index contributed by atoms with van der Waals surface area (Å²) in [6, 6.07) is 0.572. The molecule has 0 aromatic carbocycles. The van der Waals surface area contributed by atoms with Crippen LogP contribution in [0.25, 0.3) is 0 Å². The number of likely N-dealkylation sites (tertiary alicyclic amines) is 1. The third-order valence-corrected chi connectivity index (χ3v) is 4.84. The average Bonchev–Trinajstić information content (AvgIpc) is 3.04. The smallest absolute Gasteiger partial charge is 0.188 e. The molecule has 2 fully saturated rings. The van der Waals surface area contributed by atoms with Gasteiger partial charge >= 0.3 is 0 Å². The molecule has 0 radical (unpaired) electrons. The van der Waals surface area contributed by atoms with E-state index >= 15 is 0 Å². The van der Waals surface area contributed by atoms with Gasteiger partial charge in [0.2, 0.25) is 0 Å². The first-order chi connectivity index (χ1) is 11.3. The molecule has 0 aromatic rings. The van der Waals surface area contributed by atoms with Crippen LogP contribution in [0.3, 0.4) is 0 Å². The second-order valence-electron chi connectivity index (χ2n) is 6.56. The van der Waals surface area contributed by atoms with Crippen molar-refractivity contribution in [2.45, 2.75) is 45.1 Å². The summed E-state index contributed by atoms with van der Waals surface area (Å²) in [6.07, 6.45) is 5.75. The fourth-order valence-corrected chi connectivity index (χ4v) is 3.33. The molecule has 1 unspecified atom stereocenters. The molecular weight excluding hydrogens is 292 g/mol. The van der Waals surface area contributed by atoms with Crippen molar-refractivity contribution in [2.24, 2.45) is 16.6 Å². The quantitative estimate of drug-likeness (QED) is 0.378. The van der Waals surface area contributed by atoms with Gasteiger partial charge in [-0.25, -0.2) is 0 Å². The fraction of sp³-hybridized carbons (Fsp3) is 0.941. The van der Waals surface area contributed by atoms with Crippen LogP contribution in [-0.2, 0) is 9.47 Å². The number of guanidine groups is 1. The normalized spacial score (nSPS) is 24.2. The van der Waals surface area contributed by atoms with E-state index < -0.39 is 0 Å². The molecule has 6 heteroatoms. The molecule has 2 heterocycles. The molecule has 2 aliphatic heterocycles. The Kier molecular flexibility index (Phi) is 8.71. The summed E-state index contributed by atoms with van der Waals surface area (Å²) in [5, 5.41) is 3.19. The van der Waals surface area contributed by atoms with Gasteiger partial charge in [0.1, 0.15) is 0 Å². The first-order valence-electron chi connectivity index (χ1n) is 9.23. The summed E-state index contributed by atoms with van der Waals surface area (Å²) < 4.78 is 11.1. The van der Waals surface area contributed by atoms with Gasteiger partial charge in [-0.15, -0.1) is 0 Å². The van der Waals surface area contributed by atoms with Crippen LogP contribution < -0.4 is 11.1 Å². The summed E-state index contributed by atoms with van der Waals surface area (Å²) in [4.78, 5) is 6.97. The number of rotatable bonds is 9. The summed E-state index contributed by atoms with van der Waals surface area (Å²) in [6.45, 7) is 9.58. The number of nitrogens with two attached hydrogens (primary N) is 1. The predicted molar refractivity (Wildman–Crippen MR) is 93.7 cm³/mol. The molecule has 0 amide bonds. The second kappa shape index (κ2) is 10.8. The van der Waals surface area contributed by atoms with Crippen LogP contribution in [0.15, 0.2) is 4.99 Å². The van der Waals surface area contributed by atoms with E-state index in [0.29, 0.717) is 17.9 Å². The second-order valence-corrected chi connectivity index (χ2v) is 6.56. The van der Waals surface area contributed by atoms with E-state index in [0.717, 1.165) is 65.3 Å². The Balaban J connectivity index is 1.47. The van der Waals surface area contributed by atoms with Gasteiger partial charge < -0.3 is 20.5 Å². The molecule has 6 nitrogen and oxygen atoms in total. The average molecular weight is 326 g/mol. The van der Waals surface area contributed by atoms with Crippen molar-refractivity contribution in [3.63, 3.8) is 0 Å². The number of ether oxygens (including phenoxy) is 2. The number of nitrogens with zero attached hydrogens (tertiary/aromatic N) is 2. The third-order valence-electron chi connectivity index (χ3n) is 4.84. The van der Waals surface area contributed by atoms with Crippen molar-refractivity contribution >= 4 is 5.96 Å². The molecule has 134 valence electrons. The lowest BCUT2D eigenvalue weighted by molar-refractivity contribution is 0.0203. The van der Waals surface area contributed by atoms with E-state index in [1.54, 1.807) is 0 Å². The SMILES string of the molecule is CCN1CCCC1CN=C(N)NCCCOCC1CCOCC1. The lowest BCUT2D eigenvalue weighted by Crippen LogP contribution is -2.36. The molecule has 2 aliphatic rings. The molecule has 0 aromatic heterocycles. The Hall–Kier alpha value is -0.850. The molecule has 2 saturated heterocycles. The van der Waals surface area contributed by atoms with E-state index in [1.807, 2.05) is 0 Å². The number of nitrogens with one attached hydrogen (secondary N) is 1. The molecule has 3 N–H and O–H groups in total. The van der Waals surface area contributed by atoms with Crippen LogP contribution >= 0.6 is 0 Å². The molecule has 1 atom stereocenters. The maximum atomic E-state index is 5.94. The minimum atomic E-state index is 0.567. The zero-order chi connectivity index (χ0) is 16.3. The van der Waals surface area contributed by atoms with Crippen LogP contribution in [0.5, 0.6) is 0 Å². The predicted octanol–water partition coefficient (Wildman–Crippen LogP) is 1.21. The van der Waals surface area contributed by atoms with Crippen molar-refractivity contribution in [1.29, 1.82) is 0 Å². The van der Waals surface area contributed by atoms with Crippen molar-refractivity contribution in [3.8, 4) is 0 Å². The van der Waals surface area contributed by atoms with Crippen molar-refractivity contribution in [3.05, 3.63) is 0 Å². The molecular formula is C17H34N4O2. The zero-order valence-corrected chi connectivity index (χ0v) is 14.6. The minimum Gasteiger partial charge on any atom is -0.381 e. The monoisotopic (exact) mass is 326 g/mol. The Morgan fingerprint density at radius 1 is 1.35 bits per heavy atom. The highest BCUT2D eigenvalue weighted by molar-refractivity contribution is 5.77.